The number of hydrogen-bond acceptors (Lipinski definition) is 0. The topological polar surface area (TPSA) is 14.1 Å². The maximum Gasteiger partial charge on any atom is 0.307 e. The number of nitrogens with zero attached hydrogens (tertiary/aromatic N) is 1. The highest BCUT2D eigenvalue weighted by atomic mass is 19.3. The SMILES string of the molecule is CCC[N]C(F)F. The number of halogens is 2. The van der Waals surface area contributed by atoms with Gasteiger partial charge in [-0.2, -0.15) is 14.1 Å². The Morgan fingerprint density at radius 3 is 2.29 bits per heavy atom. The van der Waals surface area contributed by atoms with E-state index in [2.05, 4.69) is 5.32 Å². The Bertz CT molecular complexity index is 38.7. The highest BCUT2D eigenvalue weighted by Gasteiger charge is 1.97. The lowest BCUT2D eigenvalue weighted by molar-refractivity contribution is 0.104. The summed E-state index contributed by atoms with van der Waals surface area (Å²) in [7, 11) is 0. The Hall–Kier alpha value is -0.180. The summed E-state index contributed by atoms with van der Waals surface area (Å²) in [5.74, 6) is 0. The van der Waals surface area contributed by atoms with E-state index in [-0.39, 0.29) is 6.54 Å². The molecule has 3 heteroatoms. The Balaban J connectivity index is 2.68. The van der Waals surface area contributed by atoms with Crippen molar-refractivity contribution < 1.29 is 8.78 Å². The fourth-order valence-electron chi connectivity index (χ4n) is 0.227. The normalized spacial score (nSPS) is 10.3. The summed E-state index contributed by atoms with van der Waals surface area (Å²) in [6.45, 7) is -0.385. The minimum absolute atomic E-state index is 0.275. The average molecular weight is 108 g/mol. The van der Waals surface area contributed by atoms with Crippen LogP contribution in [-0.4, -0.2) is 13.1 Å². The van der Waals surface area contributed by atoms with Crippen LogP contribution >= 0.6 is 0 Å². The molecule has 0 fully saturated rings. The molecular formula is C4H8F2N. The molecule has 0 spiro atoms. The van der Waals surface area contributed by atoms with Crippen LogP contribution in [-0.2, 0) is 0 Å². The molecule has 0 saturated heterocycles. The zero-order valence-electron chi connectivity index (χ0n) is 4.19. The molecule has 0 aromatic rings. The lowest BCUT2D eigenvalue weighted by atomic mass is 10.5. The van der Waals surface area contributed by atoms with Crippen LogP contribution < -0.4 is 5.32 Å². The molecule has 0 aliphatic heterocycles. The van der Waals surface area contributed by atoms with Crippen LogP contribution in [0.15, 0.2) is 0 Å². The van der Waals surface area contributed by atoms with E-state index in [4.69, 9.17) is 0 Å². The first-order valence-electron chi connectivity index (χ1n) is 2.22. The molecule has 0 bridgehead atoms. The largest absolute Gasteiger partial charge is 0.307 e. The second kappa shape index (κ2) is 3.99. The fraction of sp³-hybridized carbons (Fsp3) is 1.00. The van der Waals surface area contributed by atoms with Gasteiger partial charge in [0.2, 0.25) is 0 Å². The number of hydrogen-bond donors (Lipinski definition) is 0. The molecule has 0 heterocycles. The molecule has 0 atom stereocenters. The molecule has 0 unspecified atom stereocenters. The summed E-state index contributed by atoms with van der Waals surface area (Å²) in [4.78, 5) is 0. The lowest BCUT2D eigenvalue weighted by Crippen LogP contribution is -2.11. The molecule has 0 saturated carbocycles. The van der Waals surface area contributed by atoms with Gasteiger partial charge in [-0.05, 0) is 6.42 Å². The van der Waals surface area contributed by atoms with Crippen molar-refractivity contribution in [2.45, 2.75) is 19.9 Å². The van der Waals surface area contributed by atoms with Gasteiger partial charge in [-0.3, -0.25) is 0 Å². The first kappa shape index (κ1) is 6.82. The van der Waals surface area contributed by atoms with Crippen molar-refractivity contribution in [2.24, 2.45) is 0 Å². The molecule has 0 aliphatic carbocycles. The minimum Gasteiger partial charge on any atom is -0.190 e. The van der Waals surface area contributed by atoms with Crippen molar-refractivity contribution in [1.82, 2.24) is 5.32 Å². The van der Waals surface area contributed by atoms with Gasteiger partial charge in [-0.25, -0.2) is 0 Å². The van der Waals surface area contributed by atoms with Crippen LogP contribution in [0.3, 0.4) is 0 Å². The second-order valence-electron chi connectivity index (χ2n) is 1.18. The van der Waals surface area contributed by atoms with Gasteiger partial charge in [0.1, 0.15) is 0 Å². The van der Waals surface area contributed by atoms with Gasteiger partial charge in [0.05, 0.1) is 0 Å². The van der Waals surface area contributed by atoms with Crippen molar-refractivity contribution in [2.75, 3.05) is 6.54 Å². The first-order valence-corrected chi connectivity index (χ1v) is 2.22. The van der Waals surface area contributed by atoms with Gasteiger partial charge in [0.15, 0.2) is 0 Å². The second-order valence-corrected chi connectivity index (χ2v) is 1.18. The summed E-state index contributed by atoms with van der Waals surface area (Å²) in [6, 6.07) is 0. The summed E-state index contributed by atoms with van der Waals surface area (Å²) in [6.07, 6.45) is 0.699. The minimum atomic E-state index is -2.47. The molecular weight excluding hydrogens is 100 g/mol. The Kier molecular flexibility index (Phi) is 3.89. The third-order valence-corrected chi connectivity index (χ3v) is 0.491. The summed E-state index contributed by atoms with van der Waals surface area (Å²) in [5.41, 5.74) is 0. The predicted molar refractivity (Wildman–Crippen MR) is 23.3 cm³/mol. The van der Waals surface area contributed by atoms with Gasteiger partial charge in [0.25, 0.3) is 0 Å². The lowest BCUT2D eigenvalue weighted by Gasteiger charge is -1.93. The zero-order chi connectivity index (χ0) is 5.70. The molecule has 0 aliphatic rings. The van der Waals surface area contributed by atoms with Gasteiger partial charge >= 0.3 is 6.55 Å². The molecule has 1 nitrogen and oxygen atoms in total. The van der Waals surface area contributed by atoms with Gasteiger partial charge in [-0.15, -0.1) is 0 Å². The van der Waals surface area contributed by atoms with E-state index in [1.165, 1.54) is 0 Å². The summed E-state index contributed by atoms with van der Waals surface area (Å²) >= 11 is 0. The van der Waals surface area contributed by atoms with Gasteiger partial charge in [-0.1, -0.05) is 6.92 Å². The third-order valence-electron chi connectivity index (χ3n) is 0.491. The van der Waals surface area contributed by atoms with Crippen LogP contribution in [0.2, 0.25) is 0 Å². The van der Waals surface area contributed by atoms with Crippen molar-refractivity contribution in [3.05, 3.63) is 0 Å². The van der Waals surface area contributed by atoms with Crippen LogP contribution in [0.1, 0.15) is 13.3 Å². The van der Waals surface area contributed by atoms with E-state index in [0.717, 1.165) is 0 Å². The Morgan fingerprint density at radius 2 is 2.14 bits per heavy atom. The number of rotatable bonds is 3. The summed E-state index contributed by atoms with van der Waals surface area (Å²) in [5, 5.41) is 2.91. The van der Waals surface area contributed by atoms with E-state index < -0.39 is 6.55 Å². The average Bonchev–Trinajstić information content (AvgIpc) is 1.61. The van der Waals surface area contributed by atoms with Crippen molar-refractivity contribution in [3.8, 4) is 0 Å². The molecule has 7 heavy (non-hydrogen) atoms. The molecule has 0 aromatic heterocycles. The Labute approximate surface area is 41.7 Å². The van der Waals surface area contributed by atoms with E-state index >= 15 is 0 Å². The van der Waals surface area contributed by atoms with E-state index in [1.54, 1.807) is 0 Å². The molecule has 43 valence electrons. The van der Waals surface area contributed by atoms with E-state index in [9.17, 15) is 8.78 Å². The molecule has 0 rings (SSSR count). The van der Waals surface area contributed by atoms with Crippen LogP contribution in [0.5, 0.6) is 0 Å². The molecule has 0 aromatic carbocycles. The molecule has 0 amide bonds. The predicted octanol–water partition coefficient (Wildman–Crippen LogP) is 1.22. The standard InChI is InChI=1S/C4H8F2N/c1-2-3-7-4(5)6/h4H,2-3H2,1H3. The quantitative estimate of drug-likeness (QED) is 0.483. The Morgan fingerprint density at radius 1 is 1.57 bits per heavy atom. The highest BCUT2D eigenvalue weighted by molar-refractivity contribution is 4.35. The zero-order valence-corrected chi connectivity index (χ0v) is 4.19. The van der Waals surface area contributed by atoms with Gasteiger partial charge < -0.3 is 0 Å². The van der Waals surface area contributed by atoms with E-state index in [0.29, 0.717) is 6.42 Å². The molecule has 1 radical (unpaired) electrons. The maximum atomic E-state index is 11.1. The van der Waals surface area contributed by atoms with Crippen molar-refractivity contribution in [1.29, 1.82) is 0 Å². The fourth-order valence-corrected chi connectivity index (χ4v) is 0.227. The van der Waals surface area contributed by atoms with Gasteiger partial charge in [0, 0.05) is 6.54 Å². The van der Waals surface area contributed by atoms with Crippen LogP contribution in [0.4, 0.5) is 8.78 Å². The molecule has 0 N–H and O–H groups in total. The van der Waals surface area contributed by atoms with Crippen LogP contribution in [0, 0.1) is 0 Å². The monoisotopic (exact) mass is 108 g/mol. The smallest absolute Gasteiger partial charge is 0.190 e. The van der Waals surface area contributed by atoms with Crippen molar-refractivity contribution in [3.63, 3.8) is 0 Å². The third kappa shape index (κ3) is 5.82. The maximum absolute atomic E-state index is 11.1. The van der Waals surface area contributed by atoms with Crippen LogP contribution in [0.25, 0.3) is 0 Å². The summed E-state index contributed by atoms with van der Waals surface area (Å²) < 4.78 is 22.1. The number of alkyl halides is 2. The highest BCUT2D eigenvalue weighted by Crippen LogP contribution is 1.86. The first-order chi connectivity index (χ1) is 3.27. The van der Waals surface area contributed by atoms with E-state index in [1.807, 2.05) is 6.92 Å². The van der Waals surface area contributed by atoms with Crippen molar-refractivity contribution >= 4 is 0 Å².